The molecule has 1 aromatic rings. The van der Waals surface area contributed by atoms with Gasteiger partial charge in [0.2, 0.25) is 0 Å². The summed E-state index contributed by atoms with van der Waals surface area (Å²) in [6.07, 6.45) is 9.98. The first kappa shape index (κ1) is 18.4. The van der Waals surface area contributed by atoms with E-state index in [2.05, 4.69) is 10.2 Å². The molecular formula is C23H32ClFN2. The lowest BCUT2D eigenvalue weighted by molar-refractivity contribution is -0.0157. The lowest BCUT2D eigenvalue weighted by Gasteiger charge is -2.55. The summed E-state index contributed by atoms with van der Waals surface area (Å²) < 4.78 is 14.0. The molecule has 4 heteroatoms. The van der Waals surface area contributed by atoms with Gasteiger partial charge in [0, 0.05) is 23.2 Å². The lowest BCUT2D eigenvalue weighted by Crippen LogP contribution is -2.55. The first-order chi connectivity index (χ1) is 13.1. The van der Waals surface area contributed by atoms with Crippen molar-refractivity contribution in [1.82, 2.24) is 10.2 Å². The number of hydrogen-bond donors (Lipinski definition) is 1. The molecule has 2 nitrogen and oxygen atoms in total. The summed E-state index contributed by atoms with van der Waals surface area (Å²) >= 11 is 5.86. The van der Waals surface area contributed by atoms with Crippen LogP contribution in [0.15, 0.2) is 18.2 Å². The molecule has 1 aliphatic heterocycles. The average Bonchev–Trinajstić information content (AvgIpc) is 2.64. The van der Waals surface area contributed by atoms with Crippen molar-refractivity contribution in [2.75, 3.05) is 19.6 Å². The van der Waals surface area contributed by atoms with Crippen molar-refractivity contribution >= 4 is 11.6 Å². The summed E-state index contributed by atoms with van der Waals surface area (Å²) in [5.74, 6) is 4.66. The molecule has 1 N–H and O–H groups in total. The van der Waals surface area contributed by atoms with Gasteiger partial charge in [0.1, 0.15) is 5.82 Å². The first-order valence-electron chi connectivity index (χ1n) is 11.0. The normalized spacial score (nSPS) is 36.4. The second-order valence-corrected chi connectivity index (χ2v) is 10.3. The quantitative estimate of drug-likeness (QED) is 0.751. The minimum atomic E-state index is -0.173. The Balaban J connectivity index is 1.09. The lowest BCUT2D eigenvalue weighted by atomic mass is 9.54. The van der Waals surface area contributed by atoms with E-state index in [1.54, 1.807) is 6.07 Å². The number of halogens is 2. The van der Waals surface area contributed by atoms with Crippen LogP contribution in [0.2, 0.25) is 5.02 Å². The number of hydrogen-bond acceptors (Lipinski definition) is 2. The molecule has 4 aliphatic carbocycles. The molecule has 5 fully saturated rings. The van der Waals surface area contributed by atoms with Crippen LogP contribution in [0.5, 0.6) is 0 Å². The zero-order valence-electron chi connectivity index (χ0n) is 16.2. The smallest absolute Gasteiger partial charge is 0.129 e. The molecule has 4 bridgehead atoms. The molecule has 0 spiro atoms. The van der Waals surface area contributed by atoms with E-state index in [-0.39, 0.29) is 5.82 Å². The van der Waals surface area contributed by atoms with Crippen molar-refractivity contribution in [3.05, 3.63) is 34.6 Å². The van der Waals surface area contributed by atoms with E-state index in [4.69, 9.17) is 11.6 Å². The standard InChI is InChI=1S/C23H32ClFN2/c24-21-2-1-18(22(25)12-21)14-27-5-3-15(4-6-27)13-26-23-19-8-16-7-17(10-19)11-20(23)9-16/h1-2,12,15-17,19-20,23,26H,3-11,13-14H2. The topological polar surface area (TPSA) is 15.3 Å². The number of nitrogens with one attached hydrogen (secondary N) is 1. The van der Waals surface area contributed by atoms with Gasteiger partial charge in [0.05, 0.1) is 0 Å². The number of benzene rings is 1. The van der Waals surface area contributed by atoms with Gasteiger partial charge < -0.3 is 5.32 Å². The molecule has 1 aromatic carbocycles. The van der Waals surface area contributed by atoms with Crippen LogP contribution in [0.4, 0.5) is 4.39 Å². The number of nitrogens with zero attached hydrogens (tertiary/aromatic N) is 1. The minimum Gasteiger partial charge on any atom is -0.313 e. The van der Waals surface area contributed by atoms with Crippen molar-refractivity contribution in [2.45, 2.75) is 57.5 Å². The Morgan fingerprint density at radius 2 is 1.67 bits per heavy atom. The number of piperidine rings is 1. The van der Waals surface area contributed by atoms with Crippen molar-refractivity contribution in [2.24, 2.45) is 29.6 Å². The van der Waals surface area contributed by atoms with E-state index in [0.717, 1.165) is 54.3 Å². The van der Waals surface area contributed by atoms with Crippen LogP contribution in [0.25, 0.3) is 0 Å². The van der Waals surface area contributed by atoms with E-state index in [1.807, 2.05) is 6.07 Å². The molecule has 0 unspecified atom stereocenters. The minimum absolute atomic E-state index is 0.173. The Labute approximate surface area is 167 Å². The van der Waals surface area contributed by atoms with Gasteiger partial charge >= 0.3 is 0 Å². The highest BCUT2D eigenvalue weighted by Gasteiger charge is 2.47. The van der Waals surface area contributed by atoms with Crippen LogP contribution >= 0.6 is 11.6 Å². The highest BCUT2D eigenvalue weighted by atomic mass is 35.5. The fourth-order valence-corrected chi connectivity index (χ4v) is 6.96. The van der Waals surface area contributed by atoms with Crippen LogP contribution in [0.1, 0.15) is 50.5 Å². The van der Waals surface area contributed by atoms with E-state index in [9.17, 15) is 4.39 Å². The van der Waals surface area contributed by atoms with Gasteiger partial charge in [-0.1, -0.05) is 17.7 Å². The molecule has 1 saturated heterocycles. The molecular weight excluding hydrogens is 359 g/mol. The van der Waals surface area contributed by atoms with Gasteiger partial charge in [0.25, 0.3) is 0 Å². The maximum atomic E-state index is 14.0. The fraction of sp³-hybridized carbons (Fsp3) is 0.739. The molecule has 27 heavy (non-hydrogen) atoms. The average molecular weight is 391 g/mol. The molecule has 5 aliphatic rings. The van der Waals surface area contributed by atoms with Crippen molar-refractivity contribution in [3.8, 4) is 0 Å². The van der Waals surface area contributed by atoms with Gasteiger partial charge in [-0.05, 0) is 106 Å². The third-order valence-electron chi connectivity index (χ3n) is 7.99. The predicted octanol–water partition coefficient (Wildman–Crippen LogP) is 5.11. The molecule has 1 heterocycles. The summed E-state index contributed by atoms with van der Waals surface area (Å²) in [6, 6.07) is 5.86. The van der Waals surface area contributed by atoms with Gasteiger partial charge in [-0.3, -0.25) is 4.90 Å². The summed E-state index contributed by atoms with van der Waals surface area (Å²) in [6.45, 7) is 4.06. The Morgan fingerprint density at radius 3 is 2.30 bits per heavy atom. The number of rotatable bonds is 5. The molecule has 4 saturated carbocycles. The Hall–Kier alpha value is -0.640. The Morgan fingerprint density at radius 1 is 1.00 bits per heavy atom. The van der Waals surface area contributed by atoms with Crippen LogP contribution in [0, 0.1) is 35.4 Å². The number of likely N-dealkylation sites (tertiary alicyclic amines) is 1. The molecule has 0 atom stereocenters. The highest BCUT2D eigenvalue weighted by Crippen LogP contribution is 2.53. The Bertz CT molecular complexity index is 642. The maximum Gasteiger partial charge on any atom is 0.129 e. The van der Waals surface area contributed by atoms with E-state index in [1.165, 1.54) is 57.6 Å². The zero-order valence-corrected chi connectivity index (χ0v) is 16.9. The summed E-state index contributed by atoms with van der Waals surface area (Å²) in [5, 5.41) is 4.50. The third-order valence-corrected chi connectivity index (χ3v) is 8.22. The second kappa shape index (κ2) is 7.65. The molecule has 6 rings (SSSR count). The van der Waals surface area contributed by atoms with Gasteiger partial charge in [-0.25, -0.2) is 4.39 Å². The van der Waals surface area contributed by atoms with Crippen molar-refractivity contribution in [1.29, 1.82) is 0 Å². The third kappa shape index (κ3) is 3.93. The van der Waals surface area contributed by atoms with Crippen LogP contribution in [-0.2, 0) is 6.54 Å². The maximum absolute atomic E-state index is 14.0. The summed E-state index contributed by atoms with van der Waals surface area (Å²) in [4.78, 5) is 2.39. The van der Waals surface area contributed by atoms with E-state index >= 15 is 0 Å². The van der Waals surface area contributed by atoms with Gasteiger partial charge in [-0.2, -0.15) is 0 Å². The second-order valence-electron chi connectivity index (χ2n) is 9.82. The monoisotopic (exact) mass is 390 g/mol. The van der Waals surface area contributed by atoms with Gasteiger partial charge in [-0.15, -0.1) is 0 Å². The molecule has 0 radical (unpaired) electrons. The van der Waals surface area contributed by atoms with Gasteiger partial charge in [0.15, 0.2) is 0 Å². The molecule has 0 aromatic heterocycles. The zero-order chi connectivity index (χ0) is 18.4. The first-order valence-corrected chi connectivity index (χ1v) is 11.4. The largest absolute Gasteiger partial charge is 0.313 e. The molecule has 0 amide bonds. The van der Waals surface area contributed by atoms with Crippen LogP contribution in [0.3, 0.4) is 0 Å². The Kier molecular flexibility index (Phi) is 5.21. The molecule has 148 valence electrons. The van der Waals surface area contributed by atoms with Crippen molar-refractivity contribution in [3.63, 3.8) is 0 Å². The van der Waals surface area contributed by atoms with Crippen LogP contribution < -0.4 is 5.32 Å². The van der Waals surface area contributed by atoms with E-state index in [0.29, 0.717) is 11.6 Å². The highest BCUT2D eigenvalue weighted by molar-refractivity contribution is 6.30. The van der Waals surface area contributed by atoms with Crippen molar-refractivity contribution < 1.29 is 4.39 Å². The SMILES string of the molecule is Fc1cc(Cl)ccc1CN1CCC(CNC2C3CC4CC(C3)CC2C4)CC1. The fourth-order valence-electron chi connectivity index (χ4n) is 6.80. The predicted molar refractivity (Wildman–Crippen MR) is 108 cm³/mol. The summed E-state index contributed by atoms with van der Waals surface area (Å²) in [7, 11) is 0. The van der Waals surface area contributed by atoms with Crippen LogP contribution in [-0.4, -0.2) is 30.6 Å². The van der Waals surface area contributed by atoms with E-state index < -0.39 is 0 Å². The summed E-state index contributed by atoms with van der Waals surface area (Å²) in [5.41, 5.74) is 0.768.